The van der Waals surface area contributed by atoms with E-state index >= 15 is 0 Å². The van der Waals surface area contributed by atoms with Crippen LogP contribution in [0.25, 0.3) is 0 Å². The van der Waals surface area contributed by atoms with Crippen LogP contribution in [0.5, 0.6) is 0 Å². The zero-order valence-corrected chi connectivity index (χ0v) is 9.50. The van der Waals surface area contributed by atoms with E-state index in [-0.39, 0.29) is 0 Å². The van der Waals surface area contributed by atoms with Crippen LogP contribution in [0.1, 0.15) is 33.1 Å². The van der Waals surface area contributed by atoms with Crippen LogP contribution < -0.4 is 5.32 Å². The number of nitrogens with one attached hydrogen (secondary N) is 1. The zero-order valence-electron chi connectivity index (χ0n) is 9.50. The van der Waals surface area contributed by atoms with Crippen molar-refractivity contribution in [2.45, 2.75) is 45.2 Å². The monoisotopic (exact) mass is 200 g/mol. The van der Waals surface area contributed by atoms with Gasteiger partial charge in [-0.25, -0.2) is 0 Å². The Morgan fingerprint density at radius 3 is 2.93 bits per heavy atom. The fraction of sp³-hybridized carbons (Fsp3) is 1.00. The molecule has 0 aliphatic carbocycles. The Balaban J connectivity index is 2.41. The van der Waals surface area contributed by atoms with Crippen molar-refractivity contribution >= 4 is 0 Å². The van der Waals surface area contributed by atoms with Gasteiger partial charge in [-0.05, 0) is 39.3 Å². The molecule has 84 valence electrons. The summed E-state index contributed by atoms with van der Waals surface area (Å²) >= 11 is 0. The Kier molecular flexibility index (Phi) is 5.45. The van der Waals surface area contributed by atoms with Crippen LogP contribution in [-0.4, -0.2) is 48.3 Å². The molecular weight excluding hydrogens is 176 g/mol. The number of hydrogen-bond donors (Lipinski definition) is 2. The van der Waals surface area contributed by atoms with E-state index in [1.165, 1.54) is 25.9 Å². The summed E-state index contributed by atoms with van der Waals surface area (Å²) in [7, 11) is 0. The predicted molar refractivity (Wildman–Crippen MR) is 59.4 cm³/mol. The third-order valence-corrected chi connectivity index (χ3v) is 2.89. The molecule has 0 amide bonds. The summed E-state index contributed by atoms with van der Waals surface area (Å²) in [6, 6.07) is 1.07. The van der Waals surface area contributed by atoms with Gasteiger partial charge in [0.2, 0.25) is 0 Å². The topological polar surface area (TPSA) is 35.5 Å². The molecule has 2 N–H and O–H groups in total. The molecule has 0 aromatic carbocycles. The third kappa shape index (κ3) is 3.95. The molecular formula is C11H24N2O. The Labute approximate surface area is 87.5 Å². The van der Waals surface area contributed by atoms with E-state index in [0.717, 1.165) is 13.0 Å². The molecule has 0 saturated carbocycles. The molecule has 2 unspecified atom stereocenters. The minimum atomic E-state index is 0.296. The molecule has 14 heavy (non-hydrogen) atoms. The molecule has 1 rings (SSSR count). The molecule has 1 aliphatic heterocycles. The minimum absolute atomic E-state index is 0.296. The first-order valence-electron chi connectivity index (χ1n) is 5.85. The number of rotatable bonds is 4. The maximum atomic E-state index is 8.95. The lowest BCUT2D eigenvalue weighted by molar-refractivity contribution is 0.226. The summed E-state index contributed by atoms with van der Waals surface area (Å²) in [5.41, 5.74) is 0. The van der Waals surface area contributed by atoms with Crippen molar-refractivity contribution in [3.63, 3.8) is 0 Å². The lowest BCUT2D eigenvalue weighted by atomic mass is 10.2. The molecule has 0 spiro atoms. The zero-order chi connectivity index (χ0) is 10.4. The van der Waals surface area contributed by atoms with Crippen molar-refractivity contribution in [2.24, 2.45) is 0 Å². The van der Waals surface area contributed by atoms with E-state index in [0.29, 0.717) is 18.7 Å². The van der Waals surface area contributed by atoms with Crippen molar-refractivity contribution in [1.82, 2.24) is 10.2 Å². The Bertz CT molecular complexity index is 152. The molecule has 2 atom stereocenters. The van der Waals surface area contributed by atoms with Gasteiger partial charge in [-0.3, -0.25) is 0 Å². The molecule has 1 fully saturated rings. The molecule has 1 aliphatic rings. The third-order valence-electron chi connectivity index (χ3n) is 2.89. The van der Waals surface area contributed by atoms with Gasteiger partial charge in [0.05, 0.1) is 0 Å². The Morgan fingerprint density at radius 1 is 1.50 bits per heavy atom. The SMILES string of the molecule is CCCN1CCC(C)NC(CCO)C1. The van der Waals surface area contributed by atoms with Crippen molar-refractivity contribution in [1.29, 1.82) is 0 Å². The van der Waals surface area contributed by atoms with Crippen LogP contribution in [0.2, 0.25) is 0 Å². The van der Waals surface area contributed by atoms with Gasteiger partial charge < -0.3 is 15.3 Å². The Morgan fingerprint density at radius 2 is 2.29 bits per heavy atom. The van der Waals surface area contributed by atoms with Gasteiger partial charge >= 0.3 is 0 Å². The summed E-state index contributed by atoms with van der Waals surface area (Å²) in [6.45, 7) is 8.24. The molecule has 3 nitrogen and oxygen atoms in total. The highest BCUT2D eigenvalue weighted by molar-refractivity contribution is 4.80. The number of nitrogens with zero attached hydrogens (tertiary/aromatic N) is 1. The molecule has 0 aromatic rings. The van der Waals surface area contributed by atoms with Crippen LogP contribution in [0.15, 0.2) is 0 Å². The van der Waals surface area contributed by atoms with Gasteiger partial charge in [-0.2, -0.15) is 0 Å². The van der Waals surface area contributed by atoms with Crippen LogP contribution in [-0.2, 0) is 0 Å². The van der Waals surface area contributed by atoms with E-state index in [2.05, 4.69) is 24.1 Å². The lowest BCUT2D eigenvalue weighted by Gasteiger charge is -2.23. The molecule has 0 aromatic heterocycles. The molecule has 1 saturated heterocycles. The van der Waals surface area contributed by atoms with Crippen molar-refractivity contribution in [3.8, 4) is 0 Å². The summed E-state index contributed by atoms with van der Waals surface area (Å²) in [4.78, 5) is 2.51. The van der Waals surface area contributed by atoms with Gasteiger partial charge in [0.15, 0.2) is 0 Å². The first-order valence-corrected chi connectivity index (χ1v) is 5.85. The van der Waals surface area contributed by atoms with E-state index in [1.807, 2.05) is 0 Å². The first-order chi connectivity index (χ1) is 6.76. The number of hydrogen-bond acceptors (Lipinski definition) is 3. The molecule has 1 heterocycles. The molecule has 0 radical (unpaired) electrons. The standard InChI is InChI=1S/C11H24N2O/c1-3-6-13-7-4-10(2)12-11(9-13)5-8-14/h10-12,14H,3-9H2,1-2H3. The van der Waals surface area contributed by atoms with Crippen LogP contribution in [0.4, 0.5) is 0 Å². The fourth-order valence-corrected chi connectivity index (χ4v) is 2.17. The second kappa shape index (κ2) is 6.38. The highest BCUT2D eigenvalue weighted by Crippen LogP contribution is 2.08. The van der Waals surface area contributed by atoms with Crippen molar-refractivity contribution in [3.05, 3.63) is 0 Å². The first kappa shape index (κ1) is 12.0. The molecule has 3 heteroatoms. The quantitative estimate of drug-likeness (QED) is 0.705. The van der Waals surface area contributed by atoms with Gasteiger partial charge in [-0.1, -0.05) is 6.92 Å². The fourth-order valence-electron chi connectivity index (χ4n) is 2.17. The summed E-state index contributed by atoms with van der Waals surface area (Å²) in [6.07, 6.45) is 3.33. The predicted octanol–water partition coefficient (Wildman–Crippen LogP) is 0.831. The van der Waals surface area contributed by atoms with E-state index in [4.69, 9.17) is 5.11 Å². The van der Waals surface area contributed by atoms with Gasteiger partial charge in [-0.15, -0.1) is 0 Å². The number of aliphatic hydroxyl groups excluding tert-OH is 1. The Hall–Kier alpha value is -0.120. The van der Waals surface area contributed by atoms with E-state index in [9.17, 15) is 0 Å². The lowest BCUT2D eigenvalue weighted by Crippen LogP contribution is -2.40. The van der Waals surface area contributed by atoms with Crippen LogP contribution in [0.3, 0.4) is 0 Å². The van der Waals surface area contributed by atoms with Gasteiger partial charge in [0, 0.05) is 25.2 Å². The van der Waals surface area contributed by atoms with Crippen molar-refractivity contribution < 1.29 is 5.11 Å². The van der Waals surface area contributed by atoms with Gasteiger partial charge in [0.1, 0.15) is 0 Å². The summed E-state index contributed by atoms with van der Waals surface area (Å²) in [5.74, 6) is 0. The molecule has 0 bridgehead atoms. The second-order valence-corrected chi connectivity index (χ2v) is 4.37. The second-order valence-electron chi connectivity index (χ2n) is 4.37. The largest absolute Gasteiger partial charge is 0.396 e. The summed E-state index contributed by atoms with van der Waals surface area (Å²) < 4.78 is 0. The summed E-state index contributed by atoms with van der Waals surface area (Å²) in [5, 5.41) is 12.5. The van der Waals surface area contributed by atoms with Gasteiger partial charge in [0.25, 0.3) is 0 Å². The maximum absolute atomic E-state index is 8.95. The average Bonchev–Trinajstić information content (AvgIpc) is 2.30. The van der Waals surface area contributed by atoms with E-state index in [1.54, 1.807) is 0 Å². The van der Waals surface area contributed by atoms with E-state index < -0.39 is 0 Å². The minimum Gasteiger partial charge on any atom is -0.396 e. The maximum Gasteiger partial charge on any atom is 0.0446 e. The van der Waals surface area contributed by atoms with Crippen molar-refractivity contribution in [2.75, 3.05) is 26.2 Å². The highest BCUT2D eigenvalue weighted by Gasteiger charge is 2.19. The average molecular weight is 200 g/mol. The highest BCUT2D eigenvalue weighted by atomic mass is 16.3. The number of aliphatic hydroxyl groups is 1. The van der Waals surface area contributed by atoms with Crippen LogP contribution >= 0.6 is 0 Å². The smallest absolute Gasteiger partial charge is 0.0446 e. The van der Waals surface area contributed by atoms with Crippen LogP contribution in [0, 0.1) is 0 Å². The normalized spacial score (nSPS) is 30.2.